The summed E-state index contributed by atoms with van der Waals surface area (Å²) in [6.45, 7) is 2.09. The van der Waals surface area contributed by atoms with Gasteiger partial charge in [0.25, 0.3) is 0 Å². The van der Waals surface area contributed by atoms with Gasteiger partial charge in [-0.05, 0) is 74.4 Å². The zero-order valence-electron chi connectivity index (χ0n) is 14.6. The quantitative estimate of drug-likeness (QED) is 0.880. The maximum atomic E-state index is 12.8. The van der Waals surface area contributed by atoms with E-state index in [0.717, 1.165) is 50.0 Å². The highest BCUT2D eigenvalue weighted by molar-refractivity contribution is 5.94. The number of anilines is 1. The second-order valence-corrected chi connectivity index (χ2v) is 7.09. The van der Waals surface area contributed by atoms with Crippen molar-refractivity contribution in [2.75, 3.05) is 24.5 Å². The first-order valence-corrected chi connectivity index (χ1v) is 9.13. The van der Waals surface area contributed by atoms with Crippen LogP contribution in [0.3, 0.4) is 0 Å². The second kappa shape index (κ2) is 8.13. The van der Waals surface area contributed by atoms with Gasteiger partial charge in [0.05, 0.1) is 0 Å². The van der Waals surface area contributed by atoms with E-state index < -0.39 is 6.61 Å². The molecule has 25 heavy (non-hydrogen) atoms. The Morgan fingerprint density at radius 2 is 2.12 bits per heavy atom. The highest BCUT2D eigenvalue weighted by Gasteiger charge is 2.27. The molecule has 1 aromatic carbocycles. The molecule has 4 nitrogen and oxygen atoms in total. The SMILES string of the molecule is CC(CC(=O)N1CCCc2cc(OC(F)F)ccc21)C1CCNCC1. The summed E-state index contributed by atoms with van der Waals surface area (Å²) in [5.41, 5.74) is 1.75. The number of amides is 1. The average Bonchev–Trinajstić information content (AvgIpc) is 2.61. The van der Waals surface area contributed by atoms with Gasteiger partial charge >= 0.3 is 6.61 Å². The Hall–Kier alpha value is -1.69. The lowest BCUT2D eigenvalue weighted by atomic mass is 9.83. The average molecular weight is 352 g/mol. The first kappa shape index (κ1) is 18.1. The predicted octanol–water partition coefficient (Wildman–Crippen LogP) is 3.59. The van der Waals surface area contributed by atoms with Gasteiger partial charge in [-0.3, -0.25) is 4.79 Å². The largest absolute Gasteiger partial charge is 0.435 e. The summed E-state index contributed by atoms with van der Waals surface area (Å²) in [6.07, 6.45) is 4.42. The minimum Gasteiger partial charge on any atom is -0.435 e. The first-order valence-electron chi connectivity index (χ1n) is 9.13. The fourth-order valence-corrected chi connectivity index (χ4v) is 3.97. The van der Waals surface area contributed by atoms with E-state index >= 15 is 0 Å². The number of fused-ring (bicyclic) bond motifs is 1. The molecule has 0 saturated carbocycles. The molecule has 1 N–H and O–H groups in total. The number of hydrogen-bond acceptors (Lipinski definition) is 3. The van der Waals surface area contributed by atoms with E-state index in [9.17, 15) is 13.6 Å². The Morgan fingerprint density at radius 3 is 2.84 bits per heavy atom. The molecule has 0 aliphatic carbocycles. The van der Waals surface area contributed by atoms with Gasteiger partial charge < -0.3 is 15.0 Å². The molecule has 1 unspecified atom stereocenters. The van der Waals surface area contributed by atoms with E-state index in [1.54, 1.807) is 12.1 Å². The van der Waals surface area contributed by atoms with Gasteiger partial charge in [0.2, 0.25) is 5.91 Å². The van der Waals surface area contributed by atoms with Crippen LogP contribution in [-0.2, 0) is 11.2 Å². The smallest absolute Gasteiger partial charge is 0.387 e. The molecular formula is C19H26F2N2O2. The zero-order valence-corrected chi connectivity index (χ0v) is 14.6. The molecule has 2 aliphatic rings. The van der Waals surface area contributed by atoms with Crippen LogP contribution in [0.2, 0.25) is 0 Å². The van der Waals surface area contributed by atoms with Gasteiger partial charge in [-0.2, -0.15) is 8.78 Å². The molecule has 0 bridgehead atoms. The molecule has 1 fully saturated rings. The van der Waals surface area contributed by atoms with Crippen molar-refractivity contribution in [3.05, 3.63) is 23.8 Å². The minimum atomic E-state index is -2.83. The van der Waals surface area contributed by atoms with Crippen molar-refractivity contribution in [3.8, 4) is 5.75 Å². The van der Waals surface area contributed by atoms with Gasteiger partial charge in [-0.25, -0.2) is 0 Å². The molecule has 0 radical (unpaired) electrons. The summed E-state index contributed by atoms with van der Waals surface area (Å²) in [5.74, 6) is 1.25. The number of ether oxygens (including phenoxy) is 1. The normalized spacial score (nSPS) is 19.6. The highest BCUT2D eigenvalue weighted by atomic mass is 19.3. The number of benzene rings is 1. The van der Waals surface area contributed by atoms with E-state index in [4.69, 9.17) is 0 Å². The van der Waals surface area contributed by atoms with E-state index in [-0.39, 0.29) is 11.7 Å². The third kappa shape index (κ3) is 4.48. The molecule has 0 spiro atoms. The summed E-state index contributed by atoms with van der Waals surface area (Å²) >= 11 is 0. The Kier molecular flexibility index (Phi) is 5.89. The molecule has 1 aromatic rings. The van der Waals surface area contributed by atoms with Crippen LogP contribution in [0, 0.1) is 11.8 Å². The molecule has 1 atom stereocenters. The number of nitrogens with one attached hydrogen (secondary N) is 1. The van der Waals surface area contributed by atoms with Gasteiger partial charge in [0, 0.05) is 18.7 Å². The topological polar surface area (TPSA) is 41.6 Å². The van der Waals surface area contributed by atoms with Crippen LogP contribution in [0.5, 0.6) is 5.75 Å². The number of aryl methyl sites for hydroxylation is 1. The van der Waals surface area contributed by atoms with Crippen molar-refractivity contribution < 1.29 is 18.3 Å². The third-order valence-electron chi connectivity index (χ3n) is 5.38. The van der Waals surface area contributed by atoms with Gasteiger partial charge in [0.15, 0.2) is 0 Å². The van der Waals surface area contributed by atoms with Crippen LogP contribution in [0.25, 0.3) is 0 Å². The highest BCUT2D eigenvalue weighted by Crippen LogP contribution is 2.33. The monoisotopic (exact) mass is 352 g/mol. The molecule has 3 rings (SSSR count). The summed E-state index contributed by atoms with van der Waals surface area (Å²) < 4.78 is 29.3. The summed E-state index contributed by atoms with van der Waals surface area (Å²) in [5, 5.41) is 3.36. The van der Waals surface area contributed by atoms with Crippen LogP contribution >= 0.6 is 0 Å². The molecule has 138 valence electrons. The number of piperidine rings is 1. The van der Waals surface area contributed by atoms with Gasteiger partial charge in [0.1, 0.15) is 5.75 Å². The van der Waals surface area contributed by atoms with Crippen molar-refractivity contribution in [2.45, 2.75) is 45.6 Å². The van der Waals surface area contributed by atoms with E-state index in [1.165, 1.54) is 6.07 Å². The van der Waals surface area contributed by atoms with Gasteiger partial charge in [-0.1, -0.05) is 6.92 Å². The molecule has 6 heteroatoms. The lowest BCUT2D eigenvalue weighted by molar-refractivity contribution is -0.120. The van der Waals surface area contributed by atoms with Crippen LogP contribution in [0.1, 0.15) is 38.2 Å². The van der Waals surface area contributed by atoms with Crippen LogP contribution in [0.15, 0.2) is 18.2 Å². The zero-order chi connectivity index (χ0) is 17.8. The van der Waals surface area contributed by atoms with Gasteiger partial charge in [-0.15, -0.1) is 0 Å². The summed E-state index contributed by atoms with van der Waals surface area (Å²) in [4.78, 5) is 14.7. The molecular weight excluding hydrogens is 326 g/mol. The molecule has 1 amide bonds. The fraction of sp³-hybridized carbons (Fsp3) is 0.632. The number of carbonyl (C=O) groups is 1. The number of carbonyl (C=O) groups excluding carboxylic acids is 1. The summed E-state index contributed by atoms with van der Waals surface area (Å²) in [7, 11) is 0. The second-order valence-electron chi connectivity index (χ2n) is 7.09. The van der Waals surface area contributed by atoms with E-state index in [2.05, 4.69) is 17.0 Å². The van der Waals surface area contributed by atoms with Crippen molar-refractivity contribution in [1.82, 2.24) is 5.32 Å². The van der Waals surface area contributed by atoms with Crippen molar-refractivity contribution in [3.63, 3.8) is 0 Å². The maximum Gasteiger partial charge on any atom is 0.387 e. The fourth-order valence-electron chi connectivity index (χ4n) is 3.97. The van der Waals surface area contributed by atoms with Crippen molar-refractivity contribution >= 4 is 11.6 Å². The Morgan fingerprint density at radius 1 is 1.36 bits per heavy atom. The molecule has 2 aliphatic heterocycles. The van der Waals surface area contributed by atoms with Crippen molar-refractivity contribution in [2.24, 2.45) is 11.8 Å². The molecule has 1 saturated heterocycles. The van der Waals surface area contributed by atoms with Crippen LogP contribution in [-0.4, -0.2) is 32.2 Å². The third-order valence-corrected chi connectivity index (χ3v) is 5.38. The van der Waals surface area contributed by atoms with Crippen LogP contribution in [0.4, 0.5) is 14.5 Å². The van der Waals surface area contributed by atoms with Crippen molar-refractivity contribution in [1.29, 1.82) is 0 Å². The standard InChI is InChI=1S/C19H26F2N2O2/c1-13(14-6-8-22-9-7-14)11-18(24)23-10-2-3-15-12-16(25-19(20)21)4-5-17(15)23/h4-5,12-14,19,22H,2-3,6-11H2,1H3. The predicted molar refractivity (Wildman–Crippen MR) is 93.1 cm³/mol. The number of nitrogens with zero attached hydrogens (tertiary/aromatic N) is 1. The molecule has 2 heterocycles. The number of rotatable bonds is 5. The molecule has 0 aromatic heterocycles. The first-order chi connectivity index (χ1) is 12.0. The minimum absolute atomic E-state index is 0.134. The Bertz CT molecular complexity index is 603. The number of hydrogen-bond donors (Lipinski definition) is 1. The Balaban J connectivity index is 1.68. The lowest BCUT2D eigenvalue weighted by Crippen LogP contribution is -2.38. The summed E-state index contributed by atoms with van der Waals surface area (Å²) in [6, 6.07) is 4.89. The van der Waals surface area contributed by atoms with Crippen LogP contribution < -0.4 is 15.0 Å². The van der Waals surface area contributed by atoms with E-state index in [0.29, 0.717) is 24.8 Å². The maximum absolute atomic E-state index is 12.8. The lowest BCUT2D eigenvalue weighted by Gasteiger charge is -2.33. The number of halogens is 2. The Labute approximate surface area is 147 Å². The number of alkyl halides is 2. The van der Waals surface area contributed by atoms with E-state index in [1.807, 2.05) is 4.90 Å².